The Bertz CT molecular complexity index is 962. The lowest BCUT2D eigenvalue weighted by atomic mass is 9.92. The molecule has 5 nitrogen and oxygen atoms in total. The first kappa shape index (κ1) is 19.0. The molecule has 0 bridgehead atoms. The summed E-state index contributed by atoms with van der Waals surface area (Å²) < 4.78 is 28.2. The fraction of sp³-hybridized carbons (Fsp3) is 0.409. The highest BCUT2D eigenvalue weighted by Crippen LogP contribution is 2.25. The van der Waals surface area contributed by atoms with Gasteiger partial charge in [0.2, 0.25) is 5.91 Å². The zero-order valence-electron chi connectivity index (χ0n) is 16.0. The van der Waals surface area contributed by atoms with Crippen LogP contribution in [0.3, 0.4) is 0 Å². The van der Waals surface area contributed by atoms with E-state index in [-0.39, 0.29) is 5.91 Å². The van der Waals surface area contributed by atoms with E-state index in [2.05, 4.69) is 4.72 Å². The van der Waals surface area contributed by atoms with Crippen LogP contribution >= 0.6 is 0 Å². The Kier molecular flexibility index (Phi) is 5.40. The van der Waals surface area contributed by atoms with E-state index in [4.69, 9.17) is 0 Å². The van der Waals surface area contributed by atoms with Crippen LogP contribution in [0.1, 0.15) is 42.4 Å². The molecular formula is C22H26N2O3S. The second-order valence-corrected chi connectivity index (χ2v) is 9.39. The van der Waals surface area contributed by atoms with Gasteiger partial charge < -0.3 is 4.90 Å². The Labute approximate surface area is 166 Å². The summed E-state index contributed by atoms with van der Waals surface area (Å²) in [6.45, 7) is 1.69. The van der Waals surface area contributed by atoms with Gasteiger partial charge in [-0.3, -0.25) is 9.52 Å². The van der Waals surface area contributed by atoms with Gasteiger partial charge in [0.15, 0.2) is 0 Å². The average molecular weight is 399 g/mol. The van der Waals surface area contributed by atoms with Crippen molar-refractivity contribution in [2.75, 3.05) is 17.8 Å². The lowest BCUT2D eigenvalue weighted by Gasteiger charge is -2.17. The van der Waals surface area contributed by atoms with Crippen LogP contribution in [0.2, 0.25) is 0 Å². The Balaban J connectivity index is 1.44. The number of nitrogens with one attached hydrogen (secondary N) is 1. The maximum atomic E-state index is 12.8. The number of hydrogen-bond acceptors (Lipinski definition) is 3. The SMILES string of the molecule is O=C(Cc1ccc(NS(=O)(=O)c2ccc3c(c2)CCCC3)cc1)N1CCCC1. The third-order valence-corrected chi connectivity index (χ3v) is 7.03. The first-order chi connectivity index (χ1) is 13.5. The standard InChI is InChI=1S/C22H26N2O3S/c25-22(24-13-3-4-14-24)15-17-7-10-20(11-8-17)23-28(26,27)21-12-9-18-5-1-2-6-19(18)16-21/h7-12,16,23H,1-6,13-15H2. The van der Waals surface area contributed by atoms with Gasteiger partial charge >= 0.3 is 0 Å². The van der Waals surface area contributed by atoms with E-state index >= 15 is 0 Å². The normalized spacial score (nSPS) is 16.6. The topological polar surface area (TPSA) is 66.5 Å². The van der Waals surface area contributed by atoms with E-state index in [1.165, 1.54) is 12.0 Å². The summed E-state index contributed by atoms with van der Waals surface area (Å²) in [6, 6.07) is 12.5. The molecule has 0 radical (unpaired) electrons. The molecule has 2 aliphatic rings. The molecular weight excluding hydrogens is 372 g/mol. The average Bonchev–Trinajstić information content (AvgIpc) is 3.24. The van der Waals surface area contributed by atoms with Gasteiger partial charge in [-0.15, -0.1) is 0 Å². The third kappa shape index (κ3) is 4.22. The quantitative estimate of drug-likeness (QED) is 0.838. The van der Waals surface area contributed by atoms with Crippen LogP contribution in [0, 0.1) is 0 Å². The molecule has 0 aromatic heterocycles. The van der Waals surface area contributed by atoms with Crippen LogP contribution in [0.25, 0.3) is 0 Å². The molecule has 1 fully saturated rings. The van der Waals surface area contributed by atoms with Crippen LogP contribution in [0.15, 0.2) is 47.4 Å². The van der Waals surface area contributed by atoms with Crippen molar-refractivity contribution in [1.82, 2.24) is 4.90 Å². The largest absolute Gasteiger partial charge is 0.342 e. The van der Waals surface area contributed by atoms with Crippen molar-refractivity contribution in [3.8, 4) is 0 Å². The van der Waals surface area contributed by atoms with Crippen molar-refractivity contribution in [2.45, 2.75) is 49.8 Å². The predicted octanol–water partition coefficient (Wildman–Crippen LogP) is 3.53. The zero-order chi connectivity index (χ0) is 19.6. The lowest BCUT2D eigenvalue weighted by Crippen LogP contribution is -2.29. The first-order valence-corrected chi connectivity index (χ1v) is 11.5. The van der Waals surface area contributed by atoms with Crippen molar-refractivity contribution in [1.29, 1.82) is 0 Å². The molecule has 0 atom stereocenters. The van der Waals surface area contributed by atoms with E-state index in [0.717, 1.165) is 56.3 Å². The molecule has 2 aromatic carbocycles. The predicted molar refractivity (Wildman–Crippen MR) is 110 cm³/mol. The number of hydrogen-bond donors (Lipinski definition) is 1. The van der Waals surface area contributed by atoms with Crippen molar-refractivity contribution in [3.63, 3.8) is 0 Å². The molecule has 1 amide bonds. The first-order valence-electron chi connectivity index (χ1n) is 10.0. The van der Waals surface area contributed by atoms with Crippen LogP contribution in [-0.4, -0.2) is 32.3 Å². The number of rotatable bonds is 5. The van der Waals surface area contributed by atoms with Gasteiger partial charge in [-0.05, 0) is 79.5 Å². The molecule has 4 rings (SSSR count). The van der Waals surface area contributed by atoms with E-state index in [1.807, 2.05) is 23.1 Å². The molecule has 0 saturated carbocycles. The molecule has 6 heteroatoms. The number of fused-ring (bicyclic) bond motifs is 1. The minimum absolute atomic E-state index is 0.139. The van der Waals surface area contributed by atoms with E-state index < -0.39 is 10.0 Å². The van der Waals surface area contributed by atoms with Crippen LogP contribution in [0.5, 0.6) is 0 Å². The van der Waals surface area contributed by atoms with E-state index in [9.17, 15) is 13.2 Å². The molecule has 1 aliphatic heterocycles. The molecule has 0 unspecified atom stereocenters. The second kappa shape index (κ2) is 7.95. The number of likely N-dealkylation sites (tertiary alicyclic amines) is 1. The fourth-order valence-electron chi connectivity index (χ4n) is 4.03. The molecule has 2 aromatic rings. The molecule has 28 heavy (non-hydrogen) atoms. The summed E-state index contributed by atoms with van der Waals surface area (Å²) in [5.41, 5.74) is 3.81. The van der Waals surface area contributed by atoms with Crippen LogP contribution in [-0.2, 0) is 34.1 Å². The van der Waals surface area contributed by atoms with Crippen molar-refractivity contribution < 1.29 is 13.2 Å². The highest BCUT2D eigenvalue weighted by molar-refractivity contribution is 7.92. The molecule has 1 saturated heterocycles. The van der Waals surface area contributed by atoms with Gasteiger partial charge in [-0.2, -0.15) is 0 Å². The highest BCUT2D eigenvalue weighted by Gasteiger charge is 2.19. The summed E-state index contributed by atoms with van der Waals surface area (Å²) in [7, 11) is -3.62. The summed E-state index contributed by atoms with van der Waals surface area (Å²) in [4.78, 5) is 14.4. The number of nitrogens with zero attached hydrogens (tertiary/aromatic N) is 1. The van der Waals surface area contributed by atoms with Crippen molar-refractivity contribution in [3.05, 3.63) is 59.2 Å². The number of amides is 1. The number of benzene rings is 2. The van der Waals surface area contributed by atoms with Crippen molar-refractivity contribution in [2.24, 2.45) is 0 Å². The number of carbonyl (C=O) groups excluding carboxylic acids is 1. The summed E-state index contributed by atoms with van der Waals surface area (Å²) >= 11 is 0. The number of carbonyl (C=O) groups is 1. The van der Waals surface area contributed by atoms with Gasteiger partial charge in [0.25, 0.3) is 10.0 Å². The van der Waals surface area contributed by atoms with Crippen LogP contribution in [0.4, 0.5) is 5.69 Å². The summed E-state index contributed by atoms with van der Waals surface area (Å²) in [5.74, 6) is 0.139. The minimum Gasteiger partial charge on any atom is -0.342 e. The molecule has 148 valence electrons. The Morgan fingerprint density at radius 2 is 1.57 bits per heavy atom. The van der Waals surface area contributed by atoms with Crippen molar-refractivity contribution >= 4 is 21.6 Å². The number of sulfonamides is 1. The molecule has 0 spiro atoms. The maximum Gasteiger partial charge on any atom is 0.261 e. The number of aryl methyl sites for hydroxylation is 2. The Hall–Kier alpha value is -2.34. The monoisotopic (exact) mass is 398 g/mol. The van der Waals surface area contributed by atoms with Gasteiger partial charge in [-0.25, -0.2) is 8.42 Å². The Morgan fingerprint density at radius 3 is 2.29 bits per heavy atom. The zero-order valence-corrected chi connectivity index (χ0v) is 16.8. The number of anilines is 1. The van der Waals surface area contributed by atoms with Gasteiger partial charge in [0.1, 0.15) is 0 Å². The maximum absolute atomic E-state index is 12.8. The minimum atomic E-state index is -3.62. The second-order valence-electron chi connectivity index (χ2n) is 7.70. The summed E-state index contributed by atoms with van der Waals surface area (Å²) in [5, 5.41) is 0. The molecule has 1 aliphatic carbocycles. The van der Waals surface area contributed by atoms with Gasteiger partial charge in [0, 0.05) is 18.8 Å². The smallest absolute Gasteiger partial charge is 0.261 e. The Morgan fingerprint density at radius 1 is 0.893 bits per heavy atom. The van der Waals surface area contributed by atoms with E-state index in [0.29, 0.717) is 17.0 Å². The van der Waals surface area contributed by atoms with Gasteiger partial charge in [0.05, 0.1) is 11.3 Å². The molecule has 1 N–H and O–H groups in total. The van der Waals surface area contributed by atoms with Gasteiger partial charge in [-0.1, -0.05) is 18.2 Å². The summed E-state index contributed by atoms with van der Waals surface area (Å²) in [6.07, 6.45) is 6.77. The van der Waals surface area contributed by atoms with E-state index in [1.54, 1.807) is 24.3 Å². The highest BCUT2D eigenvalue weighted by atomic mass is 32.2. The van der Waals surface area contributed by atoms with Crippen LogP contribution < -0.4 is 4.72 Å². The molecule has 1 heterocycles. The third-order valence-electron chi connectivity index (χ3n) is 5.65. The lowest BCUT2D eigenvalue weighted by molar-refractivity contribution is -0.129. The fourth-order valence-corrected chi connectivity index (χ4v) is 5.14.